The van der Waals surface area contributed by atoms with E-state index < -0.39 is 0 Å². The first kappa shape index (κ1) is 14.8. The van der Waals surface area contributed by atoms with Gasteiger partial charge in [0.05, 0.1) is 39.6 Å². The van der Waals surface area contributed by atoms with E-state index in [9.17, 15) is 0 Å². The number of aromatic nitrogens is 1. The van der Waals surface area contributed by atoms with Gasteiger partial charge in [-0.2, -0.15) is 5.26 Å². The Kier molecular flexibility index (Phi) is 4.32. The van der Waals surface area contributed by atoms with Crippen LogP contribution in [0.2, 0.25) is 5.02 Å². The highest BCUT2D eigenvalue weighted by Gasteiger charge is 2.17. The van der Waals surface area contributed by atoms with Crippen LogP contribution in [-0.2, 0) is 12.0 Å². The van der Waals surface area contributed by atoms with E-state index in [1.54, 1.807) is 23.5 Å². The molecule has 0 saturated carbocycles. The SMILES string of the molecule is CC(C)(C)c1nc(CNc2ccc(C#N)cc2Cl)cs1. The maximum absolute atomic E-state index is 8.80. The van der Waals surface area contributed by atoms with Crippen molar-refractivity contribution in [3.63, 3.8) is 0 Å². The summed E-state index contributed by atoms with van der Waals surface area (Å²) in [5, 5.41) is 15.8. The van der Waals surface area contributed by atoms with Gasteiger partial charge in [0.25, 0.3) is 0 Å². The lowest BCUT2D eigenvalue weighted by atomic mass is 9.98. The predicted octanol–water partition coefficient (Wildman–Crippen LogP) is 4.58. The Labute approximate surface area is 128 Å². The number of benzene rings is 1. The van der Waals surface area contributed by atoms with Crippen molar-refractivity contribution >= 4 is 28.6 Å². The van der Waals surface area contributed by atoms with Crippen molar-refractivity contribution in [3.8, 4) is 6.07 Å². The van der Waals surface area contributed by atoms with Gasteiger partial charge < -0.3 is 5.32 Å². The van der Waals surface area contributed by atoms with Gasteiger partial charge in [-0.15, -0.1) is 11.3 Å². The molecule has 0 saturated heterocycles. The molecule has 0 aliphatic carbocycles. The Morgan fingerprint density at radius 1 is 1.40 bits per heavy atom. The summed E-state index contributed by atoms with van der Waals surface area (Å²) in [6, 6.07) is 7.29. The Morgan fingerprint density at radius 3 is 2.70 bits per heavy atom. The molecule has 0 aliphatic rings. The Balaban J connectivity index is 2.06. The van der Waals surface area contributed by atoms with Gasteiger partial charge in [-0.3, -0.25) is 0 Å². The quantitative estimate of drug-likeness (QED) is 0.903. The number of thiazole rings is 1. The van der Waals surface area contributed by atoms with Crippen LogP contribution in [0.15, 0.2) is 23.6 Å². The van der Waals surface area contributed by atoms with Gasteiger partial charge in [-0.25, -0.2) is 4.98 Å². The van der Waals surface area contributed by atoms with Gasteiger partial charge in [-0.05, 0) is 18.2 Å². The number of anilines is 1. The molecule has 0 unspecified atom stereocenters. The van der Waals surface area contributed by atoms with Crippen molar-refractivity contribution in [1.82, 2.24) is 4.98 Å². The second-order valence-electron chi connectivity index (χ2n) is 5.55. The van der Waals surface area contributed by atoms with Crippen LogP contribution in [-0.4, -0.2) is 4.98 Å². The second-order valence-corrected chi connectivity index (χ2v) is 6.82. The highest BCUT2D eigenvalue weighted by molar-refractivity contribution is 7.09. The van der Waals surface area contributed by atoms with E-state index in [1.165, 1.54) is 0 Å². The molecule has 3 nitrogen and oxygen atoms in total. The van der Waals surface area contributed by atoms with Gasteiger partial charge in [0, 0.05) is 10.8 Å². The highest BCUT2D eigenvalue weighted by Crippen LogP contribution is 2.27. The summed E-state index contributed by atoms with van der Waals surface area (Å²) >= 11 is 7.80. The van der Waals surface area contributed by atoms with Gasteiger partial charge in [0.2, 0.25) is 0 Å². The molecule has 1 heterocycles. The molecule has 0 fully saturated rings. The predicted molar refractivity (Wildman–Crippen MR) is 84.3 cm³/mol. The Hall–Kier alpha value is -1.57. The third kappa shape index (κ3) is 3.50. The first-order chi connectivity index (χ1) is 9.40. The normalized spacial score (nSPS) is 11.2. The fraction of sp³-hybridized carbons (Fsp3) is 0.333. The molecule has 1 aromatic carbocycles. The van der Waals surface area contributed by atoms with Crippen LogP contribution in [0.5, 0.6) is 0 Å². The maximum atomic E-state index is 8.80. The number of hydrogen-bond donors (Lipinski definition) is 1. The average Bonchev–Trinajstić information content (AvgIpc) is 2.86. The van der Waals surface area contributed by atoms with E-state index in [2.05, 4.69) is 42.5 Å². The second kappa shape index (κ2) is 5.82. The summed E-state index contributed by atoms with van der Waals surface area (Å²) in [6.07, 6.45) is 0. The zero-order chi connectivity index (χ0) is 14.8. The lowest BCUT2D eigenvalue weighted by molar-refractivity contribution is 0.583. The molecule has 0 bridgehead atoms. The summed E-state index contributed by atoms with van der Waals surface area (Å²) in [5.74, 6) is 0. The molecule has 1 N–H and O–H groups in total. The van der Waals surface area contributed by atoms with Crippen molar-refractivity contribution in [1.29, 1.82) is 5.26 Å². The van der Waals surface area contributed by atoms with Gasteiger partial charge >= 0.3 is 0 Å². The Bertz CT molecular complexity index is 650. The fourth-order valence-electron chi connectivity index (χ4n) is 1.65. The molecule has 0 aliphatic heterocycles. The zero-order valence-electron chi connectivity index (χ0n) is 11.7. The topological polar surface area (TPSA) is 48.7 Å². The molecule has 2 rings (SSSR count). The lowest BCUT2D eigenvalue weighted by Gasteiger charge is -2.13. The molecule has 20 heavy (non-hydrogen) atoms. The standard InChI is InChI=1S/C15H16ClN3S/c1-15(2,3)14-19-11(9-20-14)8-18-13-5-4-10(7-17)6-12(13)16/h4-6,9,18H,8H2,1-3H3. The zero-order valence-corrected chi connectivity index (χ0v) is 13.3. The number of nitrogens with one attached hydrogen (secondary N) is 1. The van der Waals surface area contributed by atoms with Crippen molar-refractivity contribution in [2.75, 3.05) is 5.32 Å². The van der Waals surface area contributed by atoms with Crippen molar-refractivity contribution in [3.05, 3.63) is 44.9 Å². The van der Waals surface area contributed by atoms with Crippen LogP contribution in [0.4, 0.5) is 5.69 Å². The fourth-order valence-corrected chi connectivity index (χ4v) is 2.80. The van der Waals surface area contributed by atoms with Crippen LogP contribution < -0.4 is 5.32 Å². The van der Waals surface area contributed by atoms with Crippen LogP contribution in [0.1, 0.15) is 37.0 Å². The first-order valence-corrected chi connectivity index (χ1v) is 7.54. The van der Waals surface area contributed by atoms with Crippen LogP contribution >= 0.6 is 22.9 Å². The molecule has 2 aromatic rings. The van der Waals surface area contributed by atoms with Gasteiger partial charge in [0.15, 0.2) is 0 Å². The summed E-state index contributed by atoms with van der Waals surface area (Å²) < 4.78 is 0. The van der Waals surface area contributed by atoms with E-state index in [4.69, 9.17) is 16.9 Å². The van der Waals surface area contributed by atoms with Gasteiger partial charge in [0.1, 0.15) is 0 Å². The van der Waals surface area contributed by atoms with E-state index in [0.29, 0.717) is 17.1 Å². The maximum Gasteiger partial charge on any atom is 0.0992 e. The average molecular weight is 306 g/mol. The molecule has 0 radical (unpaired) electrons. The molecule has 1 aromatic heterocycles. The van der Waals surface area contributed by atoms with Crippen LogP contribution in [0.3, 0.4) is 0 Å². The number of rotatable bonds is 3. The highest BCUT2D eigenvalue weighted by atomic mass is 35.5. The number of halogens is 1. The summed E-state index contributed by atoms with van der Waals surface area (Å²) in [4.78, 5) is 4.62. The molecule has 5 heteroatoms. The molecular weight excluding hydrogens is 290 g/mol. The number of nitrogens with zero attached hydrogens (tertiary/aromatic N) is 2. The van der Waals surface area contributed by atoms with E-state index >= 15 is 0 Å². The minimum Gasteiger partial charge on any atom is -0.378 e. The minimum atomic E-state index is 0.0784. The van der Waals surface area contributed by atoms with Crippen molar-refractivity contribution in [2.45, 2.75) is 32.7 Å². The molecule has 104 valence electrons. The summed E-state index contributed by atoms with van der Waals surface area (Å²) in [7, 11) is 0. The molecule has 0 spiro atoms. The Morgan fingerprint density at radius 2 is 2.15 bits per heavy atom. The third-order valence-electron chi connectivity index (χ3n) is 2.75. The smallest absolute Gasteiger partial charge is 0.0992 e. The summed E-state index contributed by atoms with van der Waals surface area (Å²) in [5.41, 5.74) is 2.45. The number of hydrogen-bond acceptors (Lipinski definition) is 4. The number of nitriles is 1. The third-order valence-corrected chi connectivity index (χ3v) is 4.38. The van der Waals surface area contributed by atoms with Crippen LogP contribution in [0.25, 0.3) is 0 Å². The van der Waals surface area contributed by atoms with E-state index in [1.807, 2.05) is 6.07 Å². The monoisotopic (exact) mass is 305 g/mol. The minimum absolute atomic E-state index is 0.0784. The largest absolute Gasteiger partial charge is 0.378 e. The summed E-state index contributed by atoms with van der Waals surface area (Å²) in [6.45, 7) is 7.08. The lowest BCUT2D eigenvalue weighted by Crippen LogP contribution is -2.11. The van der Waals surface area contributed by atoms with E-state index in [-0.39, 0.29) is 5.41 Å². The molecular formula is C15H16ClN3S. The van der Waals surface area contributed by atoms with Crippen molar-refractivity contribution in [2.24, 2.45) is 0 Å². The molecule has 0 atom stereocenters. The van der Waals surface area contributed by atoms with E-state index in [0.717, 1.165) is 16.4 Å². The van der Waals surface area contributed by atoms with Crippen LogP contribution in [0, 0.1) is 11.3 Å². The van der Waals surface area contributed by atoms with Gasteiger partial charge in [-0.1, -0.05) is 32.4 Å². The van der Waals surface area contributed by atoms with Crippen molar-refractivity contribution < 1.29 is 0 Å². The first-order valence-electron chi connectivity index (χ1n) is 6.28. The molecule has 0 amide bonds.